The molecule has 0 saturated carbocycles. The summed E-state index contributed by atoms with van der Waals surface area (Å²) in [6.07, 6.45) is 3.21. The lowest BCUT2D eigenvalue weighted by Crippen LogP contribution is -2.44. The fraction of sp³-hybridized carbons (Fsp3) is 0.700. The molecule has 1 aromatic rings. The summed E-state index contributed by atoms with van der Waals surface area (Å²) in [4.78, 5) is 18.8. The highest BCUT2D eigenvalue weighted by Gasteiger charge is 2.32. The van der Waals surface area contributed by atoms with Gasteiger partial charge in [0.2, 0.25) is 5.91 Å². The zero-order valence-corrected chi connectivity index (χ0v) is 18.1. The Bertz CT molecular complexity index is 744. The van der Waals surface area contributed by atoms with Gasteiger partial charge in [0.15, 0.2) is 14.9 Å². The quantitative estimate of drug-likeness (QED) is 0.829. The van der Waals surface area contributed by atoms with Crippen molar-refractivity contribution in [1.29, 1.82) is 0 Å². The van der Waals surface area contributed by atoms with E-state index in [2.05, 4.69) is 29.0 Å². The van der Waals surface area contributed by atoms with Crippen molar-refractivity contribution in [3.63, 3.8) is 0 Å². The lowest BCUT2D eigenvalue weighted by Gasteiger charge is -2.33. The van der Waals surface area contributed by atoms with Crippen LogP contribution in [0.1, 0.15) is 54.4 Å². The average molecular weight is 396 g/mol. The van der Waals surface area contributed by atoms with Crippen LogP contribution in [0, 0.1) is 11.8 Å². The summed E-state index contributed by atoms with van der Waals surface area (Å²) in [5.74, 6) is 0.597. The number of carbonyl (C=O) groups is 1. The standard InChI is InChI=1S/C20H33N3O3S/c1-14(2)15(3)22-19(24)16-9-11-23(12-10-16)17-7-8-18(21-13-17)27(25,26)20(4,5)6/h7-8,13-16H,9-12H2,1-6H3,(H,22,24). The Morgan fingerprint density at radius 1 is 1.19 bits per heavy atom. The van der Waals surface area contributed by atoms with Crippen molar-refractivity contribution in [2.45, 2.75) is 70.2 Å². The van der Waals surface area contributed by atoms with Crippen molar-refractivity contribution in [1.82, 2.24) is 10.3 Å². The van der Waals surface area contributed by atoms with Gasteiger partial charge in [-0.2, -0.15) is 0 Å². The van der Waals surface area contributed by atoms with Crippen LogP contribution in [-0.2, 0) is 14.6 Å². The van der Waals surface area contributed by atoms with E-state index in [0.717, 1.165) is 31.6 Å². The molecular formula is C20H33N3O3S. The van der Waals surface area contributed by atoms with Gasteiger partial charge in [0.25, 0.3) is 0 Å². The van der Waals surface area contributed by atoms with E-state index in [0.29, 0.717) is 5.92 Å². The number of carbonyl (C=O) groups excluding carboxylic acids is 1. The van der Waals surface area contributed by atoms with Gasteiger partial charge < -0.3 is 10.2 Å². The number of rotatable bonds is 5. The van der Waals surface area contributed by atoms with Crippen LogP contribution < -0.4 is 10.2 Å². The minimum Gasteiger partial charge on any atom is -0.370 e. The van der Waals surface area contributed by atoms with E-state index in [1.807, 2.05) is 13.0 Å². The molecule has 1 fully saturated rings. The highest BCUT2D eigenvalue weighted by atomic mass is 32.2. The molecular weight excluding hydrogens is 362 g/mol. The third-order valence-corrected chi connectivity index (χ3v) is 7.81. The van der Waals surface area contributed by atoms with E-state index in [1.54, 1.807) is 33.0 Å². The van der Waals surface area contributed by atoms with Gasteiger partial charge in [-0.25, -0.2) is 13.4 Å². The number of nitrogens with one attached hydrogen (secondary N) is 1. The van der Waals surface area contributed by atoms with Crippen molar-refractivity contribution < 1.29 is 13.2 Å². The number of amides is 1. The summed E-state index contributed by atoms with van der Waals surface area (Å²) in [6.45, 7) is 12.8. The molecule has 1 unspecified atom stereocenters. The van der Waals surface area contributed by atoms with E-state index in [4.69, 9.17) is 0 Å². The molecule has 0 radical (unpaired) electrons. The Morgan fingerprint density at radius 2 is 1.78 bits per heavy atom. The van der Waals surface area contributed by atoms with Crippen molar-refractivity contribution in [3.05, 3.63) is 18.3 Å². The first kappa shape index (κ1) is 21.7. The zero-order valence-electron chi connectivity index (χ0n) is 17.3. The van der Waals surface area contributed by atoms with Crippen molar-refractivity contribution in [2.75, 3.05) is 18.0 Å². The summed E-state index contributed by atoms with van der Waals surface area (Å²) < 4.78 is 24.1. The molecule has 1 N–H and O–H groups in total. The van der Waals surface area contributed by atoms with Crippen LogP contribution in [-0.4, -0.2) is 43.2 Å². The molecule has 0 aromatic carbocycles. The Morgan fingerprint density at radius 3 is 2.22 bits per heavy atom. The van der Waals surface area contributed by atoms with Gasteiger partial charge in [-0.1, -0.05) is 13.8 Å². The van der Waals surface area contributed by atoms with E-state index < -0.39 is 14.6 Å². The Balaban J connectivity index is 1.98. The molecule has 27 heavy (non-hydrogen) atoms. The first-order chi connectivity index (χ1) is 12.4. The molecule has 152 valence electrons. The maximum Gasteiger partial charge on any atom is 0.223 e. The number of sulfone groups is 1. The number of anilines is 1. The molecule has 1 amide bonds. The topological polar surface area (TPSA) is 79.4 Å². The van der Waals surface area contributed by atoms with Crippen molar-refractivity contribution in [2.24, 2.45) is 11.8 Å². The fourth-order valence-corrected chi connectivity index (χ4v) is 4.01. The number of aromatic nitrogens is 1. The lowest BCUT2D eigenvalue weighted by molar-refractivity contribution is -0.126. The van der Waals surface area contributed by atoms with Crippen LogP contribution in [0.4, 0.5) is 5.69 Å². The number of hydrogen-bond donors (Lipinski definition) is 1. The molecule has 2 heterocycles. The molecule has 1 aliphatic heterocycles. The molecule has 2 rings (SSSR count). The van der Waals surface area contributed by atoms with Crippen LogP contribution in [0.3, 0.4) is 0 Å². The number of hydrogen-bond acceptors (Lipinski definition) is 5. The lowest BCUT2D eigenvalue weighted by atomic mass is 9.94. The predicted molar refractivity (Wildman–Crippen MR) is 109 cm³/mol. The summed E-state index contributed by atoms with van der Waals surface area (Å²) in [7, 11) is -3.45. The predicted octanol–water partition coefficient (Wildman–Crippen LogP) is 3.03. The SMILES string of the molecule is CC(C)C(C)NC(=O)C1CCN(c2ccc(S(=O)(=O)C(C)(C)C)nc2)CC1. The van der Waals surface area contributed by atoms with Gasteiger partial charge in [-0.3, -0.25) is 4.79 Å². The summed E-state index contributed by atoms with van der Waals surface area (Å²) in [5.41, 5.74) is 0.900. The van der Waals surface area contributed by atoms with E-state index in [-0.39, 0.29) is 22.9 Å². The molecule has 1 saturated heterocycles. The second kappa shape index (κ2) is 8.17. The second-order valence-corrected chi connectivity index (χ2v) is 11.4. The van der Waals surface area contributed by atoms with Gasteiger partial charge in [0.05, 0.1) is 16.6 Å². The summed E-state index contributed by atoms with van der Waals surface area (Å²) in [6, 6.07) is 3.57. The Labute approximate surface area is 163 Å². The highest BCUT2D eigenvalue weighted by Crippen LogP contribution is 2.27. The van der Waals surface area contributed by atoms with Gasteiger partial charge in [-0.05, 0) is 58.6 Å². The Hall–Kier alpha value is -1.63. The minimum atomic E-state index is -3.45. The van der Waals surface area contributed by atoms with Crippen LogP contribution in [0.5, 0.6) is 0 Å². The molecule has 7 heteroatoms. The smallest absolute Gasteiger partial charge is 0.223 e. The third-order valence-electron chi connectivity index (χ3n) is 5.40. The largest absolute Gasteiger partial charge is 0.370 e. The molecule has 1 atom stereocenters. The average Bonchev–Trinajstić information content (AvgIpc) is 2.60. The van der Waals surface area contributed by atoms with Crippen LogP contribution in [0.2, 0.25) is 0 Å². The van der Waals surface area contributed by atoms with Crippen molar-refractivity contribution in [3.8, 4) is 0 Å². The first-order valence-corrected chi connectivity index (χ1v) is 11.2. The first-order valence-electron chi connectivity index (χ1n) is 9.69. The van der Waals surface area contributed by atoms with E-state index in [1.165, 1.54) is 0 Å². The third kappa shape index (κ3) is 5.00. The maximum atomic E-state index is 12.5. The van der Waals surface area contributed by atoms with Crippen LogP contribution >= 0.6 is 0 Å². The molecule has 0 aliphatic carbocycles. The van der Waals surface area contributed by atoms with Gasteiger partial charge in [0.1, 0.15) is 0 Å². The molecule has 1 aliphatic rings. The van der Waals surface area contributed by atoms with Crippen molar-refractivity contribution >= 4 is 21.4 Å². The van der Waals surface area contributed by atoms with E-state index >= 15 is 0 Å². The van der Waals surface area contributed by atoms with Crippen LogP contribution in [0.25, 0.3) is 0 Å². The fourth-order valence-electron chi connectivity index (χ4n) is 2.94. The van der Waals surface area contributed by atoms with E-state index in [9.17, 15) is 13.2 Å². The van der Waals surface area contributed by atoms with Gasteiger partial charge in [-0.15, -0.1) is 0 Å². The molecule has 6 nitrogen and oxygen atoms in total. The van der Waals surface area contributed by atoms with Gasteiger partial charge in [0, 0.05) is 25.0 Å². The molecule has 0 bridgehead atoms. The summed E-state index contributed by atoms with van der Waals surface area (Å²) in [5, 5.41) is 3.21. The minimum absolute atomic E-state index is 0.0379. The number of nitrogens with zero attached hydrogens (tertiary/aromatic N) is 2. The van der Waals surface area contributed by atoms with Crippen LogP contribution in [0.15, 0.2) is 23.4 Å². The summed E-state index contributed by atoms with van der Waals surface area (Å²) >= 11 is 0. The number of piperidine rings is 1. The Kier molecular flexibility index (Phi) is 6.55. The molecule has 0 spiro atoms. The van der Waals surface area contributed by atoms with Gasteiger partial charge >= 0.3 is 0 Å². The second-order valence-electron chi connectivity index (χ2n) is 8.77. The monoisotopic (exact) mass is 395 g/mol. The highest BCUT2D eigenvalue weighted by molar-refractivity contribution is 7.92. The molecule has 1 aromatic heterocycles. The number of pyridine rings is 1. The zero-order chi connectivity index (χ0) is 20.4. The normalized spacial score (nSPS) is 17.8. The maximum absolute atomic E-state index is 12.5.